The fourth-order valence-electron chi connectivity index (χ4n) is 3.77. The summed E-state index contributed by atoms with van der Waals surface area (Å²) >= 11 is 12.2. The molecule has 4 rings (SSSR count). The first-order valence-corrected chi connectivity index (χ1v) is 12.3. The van der Waals surface area contributed by atoms with Crippen molar-refractivity contribution < 1.29 is 23.8 Å². The van der Waals surface area contributed by atoms with Gasteiger partial charge in [0.1, 0.15) is 11.9 Å². The van der Waals surface area contributed by atoms with Gasteiger partial charge in [-0.25, -0.2) is 4.39 Å². The highest BCUT2D eigenvalue weighted by Crippen LogP contribution is 2.36. The standard InChI is InChI=1S/C26H24Cl2FN5O4/c1-13-22(14(2)34(33-13)12-20(35)26(3,4)36)25-32-31-21(38-25)9-16-5-6-19(28)24(23(16)29)37-18-8-15(11-30)7-17(27)10-18/h5-8,10,20,35-36H,9,12H2,1-4H3/t20-/m0/s1. The molecule has 0 bridgehead atoms. The number of aryl methyl sites for hydroxylation is 1. The van der Waals surface area contributed by atoms with Gasteiger partial charge in [0.15, 0.2) is 11.6 Å². The third-order valence-electron chi connectivity index (χ3n) is 5.91. The van der Waals surface area contributed by atoms with E-state index in [4.69, 9.17) is 37.6 Å². The predicted molar refractivity (Wildman–Crippen MR) is 138 cm³/mol. The lowest BCUT2D eigenvalue weighted by molar-refractivity contribution is -0.0568. The van der Waals surface area contributed by atoms with Crippen LogP contribution in [0.2, 0.25) is 10.0 Å². The summed E-state index contributed by atoms with van der Waals surface area (Å²) in [6.45, 7) is 6.64. The van der Waals surface area contributed by atoms with Crippen molar-refractivity contribution in [1.82, 2.24) is 20.0 Å². The van der Waals surface area contributed by atoms with E-state index < -0.39 is 17.5 Å². The van der Waals surface area contributed by atoms with Gasteiger partial charge in [0, 0.05) is 16.3 Å². The average Bonchev–Trinajstić information content (AvgIpc) is 3.40. The van der Waals surface area contributed by atoms with E-state index in [2.05, 4.69) is 15.3 Å². The molecule has 0 aliphatic heterocycles. The molecule has 0 fully saturated rings. The lowest BCUT2D eigenvalue weighted by atomic mass is 10.0. The van der Waals surface area contributed by atoms with E-state index in [9.17, 15) is 10.2 Å². The molecular weight excluding hydrogens is 536 g/mol. The second-order valence-electron chi connectivity index (χ2n) is 9.31. The smallest absolute Gasteiger partial charge is 0.251 e. The lowest BCUT2D eigenvalue weighted by Gasteiger charge is -2.24. The molecule has 12 heteroatoms. The molecule has 4 aromatic rings. The summed E-state index contributed by atoms with van der Waals surface area (Å²) in [5.41, 5.74) is 0.975. The van der Waals surface area contributed by atoms with Crippen LogP contribution in [0.5, 0.6) is 11.5 Å². The number of aliphatic hydroxyl groups is 2. The van der Waals surface area contributed by atoms with Crippen molar-refractivity contribution in [3.63, 3.8) is 0 Å². The van der Waals surface area contributed by atoms with Crippen LogP contribution >= 0.6 is 23.2 Å². The van der Waals surface area contributed by atoms with Gasteiger partial charge in [-0.05, 0) is 52.0 Å². The van der Waals surface area contributed by atoms with Gasteiger partial charge in [0.25, 0.3) is 5.89 Å². The van der Waals surface area contributed by atoms with Crippen molar-refractivity contribution in [3.8, 4) is 29.0 Å². The zero-order valence-corrected chi connectivity index (χ0v) is 22.5. The van der Waals surface area contributed by atoms with Gasteiger partial charge in [-0.15, -0.1) is 10.2 Å². The first-order chi connectivity index (χ1) is 17.9. The second-order valence-corrected chi connectivity index (χ2v) is 10.2. The number of aliphatic hydroxyl groups excluding tert-OH is 1. The van der Waals surface area contributed by atoms with Crippen LogP contribution in [0.1, 0.15) is 42.3 Å². The van der Waals surface area contributed by atoms with Crippen molar-refractivity contribution in [2.45, 2.75) is 52.4 Å². The average molecular weight is 560 g/mol. The molecule has 2 aromatic heterocycles. The minimum absolute atomic E-state index is 0.0304. The number of nitrogens with zero attached hydrogens (tertiary/aromatic N) is 5. The summed E-state index contributed by atoms with van der Waals surface area (Å²) in [5, 5.41) is 42.3. The van der Waals surface area contributed by atoms with Crippen LogP contribution in [-0.4, -0.2) is 41.9 Å². The molecule has 2 heterocycles. The number of aromatic nitrogens is 4. The number of nitriles is 1. The molecule has 0 saturated heterocycles. The van der Waals surface area contributed by atoms with Crippen molar-refractivity contribution >= 4 is 23.2 Å². The van der Waals surface area contributed by atoms with E-state index >= 15 is 4.39 Å². The number of hydrogen-bond donors (Lipinski definition) is 2. The number of hydrogen-bond acceptors (Lipinski definition) is 8. The Morgan fingerprint density at radius 1 is 1.21 bits per heavy atom. The molecule has 0 saturated carbocycles. The van der Waals surface area contributed by atoms with Gasteiger partial charge < -0.3 is 19.4 Å². The zero-order chi connectivity index (χ0) is 27.8. The molecule has 38 heavy (non-hydrogen) atoms. The molecule has 198 valence electrons. The molecule has 0 aliphatic rings. The van der Waals surface area contributed by atoms with Crippen LogP contribution in [0.15, 0.2) is 34.7 Å². The van der Waals surface area contributed by atoms with Gasteiger partial charge in [-0.1, -0.05) is 29.3 Å². The van der Waals surface area contributed by atoms with E-state index in [0.717, 1.165) is 0 Å². The highest BCUT2D eigenvalue weighted by molar-refractivity contribution is 6.32. The largest absolute Gasteiger partial charge is 0.453 e. The molecule has 0 spiro atoms. The summed E-state index contributed by atoms with van der Waals surface area (Å²) in [7, 11) is 0. The molecule has 0 unspecified atom stereocenters. The first kappa shape index (κ1) is 27.5. The Labute approximate surface area is 228 Å². The fourth-order valence-corrected chi connectivity index (χ4v) is 4.18. The first-order valence-electron chi connectivity index (χ1n) is 11.5. The van der Waals surface area contributed by atoms with E-state index in [-0.39, 0.29) is 57.4 Å². The molecule has 2 aromatic carbocycles. The van der Waals surface area contributed by atoms with Crippen LogP contribution < -0.4 is 4.74 Å². The molecule has 2 N–H and O–H groups in total. The monoisotopic (exact) mass is 559 g/mol. The molecular formula is C26H24Cl2FN5O4. The Morgan fingerprint density at radius 2 is 1.95 bits per heavy atom. The summed E-state index contributed by atoms with van der Waals surface area (Å²) in [6, 6.07) is 9.25. The van der Waals surface area contributed by atoms with Crippen LogP contribution in [0.3, 0.4) is 0 Å². The van der Waals surface area contributed by atoms with Crippen molar-refractivity contribution in [3.05, 3.63) is 74.6 Å². The lowest BCUT2D eigenvalue weighted by Crippen LogP contribution is -2.39. The van der Waals surface area contributed by atoms with Gasteiger partial charge in [-0.3, -0.25) is 4.68 Å². The van der Waals surface area contributed by atoms with Gasteiger partial charge in [-0.2, -0.15) is 10.4 Å². The van der Waals surface area contributed by atoms with Gasteiger partial charge in [0.05, 0.1) is 46.5 Å². The van der Waals surface area contributed by atoms with Crippen LogP contribution in [0, 0.1) is 31.0 Å². The molecule has 0 aliphatic carbocycles. The molecule has 0 amide bonds. The summed E-state index contributed by atoms with van der Waals surface area (Å²) in [4.78, 5) is 0. The Bertz CT molecular complexity index is 1540. The molecule has 0 radical (unpaired) electrons. The van der Waals surface area contributed by atoms with Crippen molar-refractivity contribution in [2.75, 3.05) is 0 Å². The summed E-state index contributed by atoms with van der Waals surface area (Å²) in [6.07, 6.45) is -1.09. The minimum atomic E-state index is -1.31. The molecule has 1 atom stereocenters. The van der Waals surface area contributed by atoms with E-state index in [1.165, 1.54) is 44.2 Å². The highest BCUT2D eigenvalue weighted by atomic mass is 35.5. The van der Waals surface area contributed by atoms with Crippen LogP contribution in [-0.2, 0) is 13.0 Å². The summed E-state index contributed by atoms with van der Waals surface area (Å²) in [5.74, 6) is -0.466. The topological polar surface area (TPSA) is 130 Å². The number of halogens is 3. The normalized spacial score (nSPS) is 12.4. The fraction of sp³-hybridized carbons (Fsp3) is 0.308. The highest BCUT2D eigenvalue weighted by Gasteiger charge is 2.27. The van der Waals surface area contributed by atoms with Gasteiger partial charge >= 0.3 is 0 Å². The molecule has 9 nitrogen and oxygen atoms in total. The quantitative estimate of drug-likeness (QED) is 0.294. The van der Waals surface area contributed by atoms with Crippen molar-refractivity contribution in [1.29, 1.82) is 5.26 Å². The van der Waals surface area contributed by atoms with E-state index in [1.54, 1.807) is 18.5 Å². The predicted octanol–water partition coefficient (Wildman–Crippen LogP) is 5.38. The van der Waals surface area contributed by atoms with Crippen LogP contribution in [0.4, 0.5) is 4.39 Å². The van der Waals surface area contributed by atoms with Gasteiger partial charge in [0.2, 0.25) is 5.89 Å². The summed E-state index contributed by atoms with van der Waals surface area (Å²) < 4.78 is 28.5. The number of benzene rings is 2. The number of ether oxygens (including phenoxy) is 1. The van der Waals surface area contributed by atoms with E-state index in [0.29, 0.717) is 17.0 Å². The maximum absolute atomic E-state index is 15.4. The minimum Gasteiger partial charge on any atom is -0.453 e. The second kappa shape index (κ2) is 10.7. The Kier molecular flexibility index (Phi) is 7.76. The third-order valence-corrected chi connectivity index (χ3v) is 6.43. The van der Waals surface area contributed by atoms with Crippen LogP contribution in [0.25, 0.3) is 11.5 Å². The van der Waals surface area contributed by atoms with E-state index in [1.807, 2.05) is 6.07 Å². The zero-order valence-electron chi connectivity index (χ0n) is 21.0. The maximum atomic E-state index is 15.4. The van der Waals surface area contributed by atoms with Crippen molar-refractivity contribution in [2.24, 2.45) is 0 Å². The number of rotatable bonds is 8. The Hall–Kier alpha value is -3.49. The Balaban J connectivity index is 1.59. The third kappa shape index (κ3) is 5.81. The Morgan fingerprint density at radius 3 is 2.63 bits per heavy atom. The SMILES string of the molecule is Cc1nn(C[C@H](O)C(C)(C)O)c(C)c1-c1nnc(Cc2ccc(Cl)c(Oc3cc(Cl)cc(C#N)c3)c2F)o1. The maximum Gasteiger partial charge on any atom is 0.251 e.